The van der Waals surface area contributed by atoms with Gasteiger partial charge in [0.2, 0.25) is 17.9 Å². The number of carboxylic acids is 1. The second-order valence-electron chi connectivity index (χ2n) is 17.4. The second-order valence-corrected chi connectivity index (χ2v) is 18.6. The first-order valence-corrected chi connectivity index (χ1v) is 23.9. The average molecular weight is 932 g/mol. The van der Waals surface area contributed by atoms with Gasteiger partial charge in [-0.15, -0.1) is 0 Å². The lowest BCUT2D eigenvalue weighted by Crippen LogP contribution is -2.48. The van der Waals surface area contributed by atoms with Gasteiger partial charge in [-0.25, -0.2) is 14.8 Å². The lowest BCUT2D eigenvalue weighted by Gasteiger charge is -2.35. The molecule has 1 saturated carbocycles. The number of benzene rings is 3. The molecule has 6 aromatic rings. The van der Waals surface area contributed by atoms with Crippen LogP contribution in [0.25, 0.3) is 32.6 Å². The van der Waals surface area contributed by atoms with Crippen molar-refractivity contribution in [3.63, 3.8) is 0 Å². The fraction of sp³-hybridized carbons (Fsp3) is 0.400. The van der Waals surface area contributed by atoms with Crippen molar-refractivity contribution < 1.29 is 28.9 Å². The van der Waals surface area contributed by atoms with Crippen molar-refractivity contribution in [1.29, 1.82) is 0 Å². The molecule has 1 N–H and O–H groups in total. The number of pyridine rings is 1. The molecule has 66 heavy (non-hydrogen) atoms. The molecule has 1 aliphatic carbocycles. The van der Waals surface area contributed by atoms with Crippen LogP contribution in [0.3, 0.4) is 0 Å². The SMILES string of the molecule is CC(=O)N1CCN(c2ccc(-c3nccc(COc4ccccc4CC(Oc4nsc5cnc(C6CCC6)c(-c6ccc(OCCN7CCN(C)CC7)c(Cl)c6C)c45)C(=O)O)n3)cc2)CC1. The number of fused-ring (bicyclic) bond motifs is 1. The summed E-state index contributed by atoms with van der Waals surface area (Å²) in [5.74, 6) is 1.22. The third-order valence-corrected chi connectivity index (χ3v) is 14.3. The van der Waals surface area contributed by atoms with E-state index in [4.69, 9.17) is 40.2 Å². The summed E-state index contributed by atoms with van der Waals surface area (Å²) in [4.78, 5) is 48.0. The highest BCUT2D eigenvalue weighted by Gasteiger charge is 2.31. The molecule has 0 radical (unpaired) electrons. The number of halogens is 1. The standard InChI is InChI=1S/C50H55ClN8O6S/c1-32-39(15-16-41(46(32)51)63-28-27-57-21-19-56(3)20-22-57)44-45-43(30-53-47(44)34-8-6-9-34)66-55-49(45)65-42(50(61)62)29-36-7-4-5-10-40(36)64-31-37-17-18-52-48(54-37)35-11-13-38(14-12-35)59-25-23-58(24-26-59)33(2)60/h4-5,7,10-18,30,34,42H,6,8-9,19-29,31H2,1-3H3,(H,61,62). The van der Waals surface area contributed by atoms with Gasteiger partial charge >= 0.3 is 5.97 Å². The molecule has 1 unspecified atom stereocenters. The molecule has 2 aliphatic heterocycles. The van der Waals surface area contributed by atoms with Gasteiger partial charge in [-0.1, -0.05) is 42.3 Å². The maximum atomic E-state index is 13.0. The minimum absolute atomic E-state index is 0.0244. The summed E-state index contributed by atoms with van der Waals surface area (Å²) in [5.41, 5.74) is 6.86. The number of nitrogens with zero attached hydrogens (tertiary/aromatic N) is 8. The number of rotatable bonds is 16. The summed E-state index contributed by atoms with van der Waals surface area (Å²) in [5, 5.41) is 11.9. The molecule has 0 bridgehead atoms. The first-order valence-electron chi connectivity index (χ1n) is 22.7. The Morgan fingerprint density at radius 3 is 2.41 bits per heavy atom. The van der Waals surface area contributed by atoms with E-state index < -0.39 is 12.1 Å². The van der Waals surface area contributed by atoms with Gasteiger partial charge in [0.15, 0.2) is 5.82 Å². The summed E-state index contributed by atoms with van der Waals surface area (Å²) >= 11 is 8.33. The molecule has 14 nitrogen and oxygen atoms in total. The van der Waals surface area contributed by atoms with Crippen LogP contribution in [0, 0.1) is 6.92 Å². The predicted molar refractivity (Wildman–Crippen MR) is 257 cm³/mol. The summed E-state index contributed by atoms with van der Waals surface area (Å²) in [6.07, 6.45) is 5.43. The van der Waals surface area contributed by atoms with Crippen LogP contribution in [0.1, 0.15) is 54.6 Å². The van der Waals surface area contributed by atoms with E-state index in [2.05, 4.69) is 38.9 Å². The van der Waals surface area contributed by atoms with Crippen LogP contribution in [-0.2, 0) is 22.6 Å². The van der Waals surface area contributed by atoms with Gasteiger partial charge in [-0.3, -0.25) is 14.7 Å². The average Bonchev–Trinajstić information content (AvgIpc) is 3.73. The Hall–Kier alpha value is -5.87. The monoisotopic (exact) mass is 930 g/mol. The number of piperazine rings is 2. The van der Waals surface area contributed by atoms with Gasteiger partial charge in [0.25, 0.3) is 0 Å². The Kier molecular flexibility index (Phi) is 14.0. The molecular weight excluding hydrogens is 876 g/mol. The second kappa shape index (κ2) is 20.3. The maximum absolute atomic E-state index is 13.0. The molecule has 1 atom stereocenters. The van der Waals surface area contributed by atoms with Crippen LogP contribution in [0.2, 0.25) is 5.02 Å². The molecule has 2 saturated heterocycles. The van der Waals surface area contributed by atoms with Crippen molar-refractivity contribution in [2.45, 2.75) is 58.2 Å². The van der Waals surface area contributed by atoms with E-state index in [1.165, 1.54) is 11.5 Å². The van der Waals surface area contributed by atoms with Crippen LogP contribution in [0.5, 0.6) is 17.4 Å². The van der Waals surface area contributed by atoms with Gasteiger partial charge in [0, 0.05) is 107 Å². The largest absolute Gasteiger partial charge is 0.491 e. The molecule has 3 aromatic heterocycles. The number of ether oxygens (including phenoxy) is 3. The van der Waals surface area contributed by atoms with Gasteiger partial charge in [0.1, 0.15) is 24.7 Å². The number of para-hydroxylation sites is 1. The zero-order valence-electron chi connectivity index (χ0n) is 37.6. The lowest BCUT2D eigenvalue weighted by molar-refractivity contribution is -0.145. The van der Waals surface area contributed by atoms with Gasteiger partial charge in [-0.2, -0.15) is 4.37 Å². The van der Waals surface area contributed by atoms with Crippen molar-refractivity contribution >= 4 is 50.8 Å². The van der Waals surface area contributed by atoms with Crippen molar-refractivity contribution in [1.82, 2.24) is 34.0 Å². The first kappa shape index (κ1) is 45.3. The molecule has 344 valence electrons. The fourth-order valence-electron chi connectivity index (χ4n) is 8.86. The van der Waals surface area contributed by atoms with Crippen molar-refractivity contribution in [3.8, 4) is 39.9 Å². The molecule has 3 aromatic carbocycles. The van der Waals surface area contributed by atoms with E-state index in [0.717, 1.165) is 109 Å². The molecular formula is C50H55ClN8O6S. The minimum atomic E-state index is -1.28. The van der Waals surface area contributed by atoms with E-state index in [-0.39, 0.29) is 30.7 Å². The number of carbonyl (C=O) groups is 2. The quantitative estimate of drug-likeness (QED) is 0.100. The smallest absolute Gasteiger partial charge is 0.345 e. The number of hydrogen-bond donors (Lipinski definition) is 1. The zero-order chi connectivity index (χ0) is 45.7. The van der Waals surface area contributed by atoms with Gasteiger partial charge in [0.05, 0.1) is 26.5 Å². The van der Waals surface area contributed by atoms with Crippen molar-refractivity contribution in [3.05, 3.63) is 107 Å². The Balaban J connectivity index is 0.909. The molecule has 0 spiro atoms. The fourth-order valence-corrected chi connectivity index (χ4v) is 9.78. The van der Waals surface area contributed by atoms with Crippen molar-refractivity contribution in [2.75, 3.05) is 77.5 Å². The number of amides is 1. The highest BCUT2D eigenvalue weighted by atomic mass is 35.5. The molecule has 5 heterocycles. The predicted octanol–water partition coefficient (Wildman–Crippen LogP) is 7.99. The van der Waals surface area contributed by atoms with Gasteiger partial charge in [-0.05, 0) is 97.5 Å². The number of aromatic nitrogens is 4. The van der Waals surface area contributed by atoms with Gasteiger partial charge < -0.3 is 34.0 Å². The number of carboxylic acid groups (broad SMARTS) is 1. The number of hydrogen-bond acceptors (Lipinski definition) is 13. The normalized spacial score (nSPS) is 16.5. The first-order chi connectivity index (χ1) is 32.1. The Morgan fingerprint density at radius 2 is 1.68 bits per heavy atom. The zero-order valence-corrected chi connectivity index (χ0v) is 39.2. The molecule has 16 heteroatoms. The highest BCUT2D eigenvalue weighted by Crippen LogP contribution is 2.48. The third kappa shape index (κ3) is 10.1. The van der Waals surface area contributed by atoms with Crippen LogP contribution in [0.4, 0.5) is 5.69 Å². The Labute approximate surface area is 394 Å². The number of anilines is 1. The highest BCUT2D eigenvalue weighted by molar-refractivity contribution is 7.13. The van der Waals surface area contributed by atoms with E-state index in [0.29, 0.717) is 53.3 Å². The maximum Gasteiger partial charge on any atom is 0.345 e. The molecule has 3 fully saturated rings. The minimum Gasteiger partial charge on any atom is -0.491 e. The number of aliphatic carboxylic acids is 1. The van der Waals surface area contributed by atoms with Crippen LogP contribution in [-0.4, -0.2) is 130 Å². The van der Waals surface area contributed by atoms with Crippen molar-refractivity contribution in [2.24, 2.45) is 0 Å². The number of likely N-dealkylation sites (N-methyl/N-ethyl adjacent to an activating group) is 1. The summed E-state index contributed by atoms with van der Waals surface area (Å²) in [6.45, 7) is 12.2. The third-order valence-electron chi connectivity index (χ3n) is 13.1. The topological polar surface area (TPSA) is 147 Å². The summed E-state index contributed by atoms with van der Waals surface area (Å²) in [6, 6.07) is 21.3. The Morgan fingerprint density at radius 1 is 0.909 bits per heavy atom. The van der Waals surface area contributed by atoms with Crippen LogP contribution < -0.4 is 19.1 Å². The number of carbonyl (C=O) groups excluding carboxylic acids is 1. The lowest BCUT2D eigenvalue weighted by atomic mass is 9.79. The van der Waals surface area contributed by atoms with Crippen LogP contribution in [0.15, 0.2) is 79.1 Å². The van der Waals surface area contributed by atoms with E-state index >= 15 is 0 Å². The van der Waals surface area contributed by atoms with E-state index in [9.17, 15) is 14.7 Å². The molecule has 3 aliphatic rings. The summed E-state index contributed by atoms with van der Waals surface area (Å²) < 4.78 is 24.5. The van der Waals surface area contributed by atoms with E-state index in [1.54, 1.807) is 19.2 Å². The van der Waals surface area contributed by atoms with E-state index in [1.807, 2.05) is 66.6 Å². The molecule has 9 rings (SSSR count). The van der Waals surface area contributed by atoms with Crippen LogP contribution >= 0.6 is 23.1 Å². The molecule has 1 amide bonds. The Bertz CT molecular complexity index is 2680. The summed E-state index contributed by atoms with van der Waals surface area (Å²) in [7, 11) is 2.15.